The summed E-state index contributed by atoms with van der Waals surface area (Å²) in [5.74, 6) is -3.30. The fourth-order valence-corrected chi connectivity index (χ4v) is 4.41. The van der Waals surface area contributed by atoms with Crippen LogP contribution < -0.4 is 14.7 Å². The maximum absolute atomic E-state index is 12.8. The van der Waals surface area contributed by atoms with E-state index in [1.54, 1.807) is 19.1 Å². The number of halogens is 3. The number of carbonyl (C=O) groups is 1. The summed E-state index contributed by atoms with van der Waals surface area (Å²) < 4.78 is 64.1. The molecule has 3 heterocycles. The number of alkyl halides is 3. The van der Waals surface area contributed by atoms with Crippen LogP contribution in [0.25, 0.3) is 10.9 Å². The molecule has 1 saturated heterocycles. The van der Waals surface area contributed by atoms with Gasteiger partial charge in [0, 0.05) is 37.8 Å². The number of sulfonamides is 1. The van der Waals surface area contributed by atoms with Crippen LogP contribution in [0.3, 0.4) is 0 Å². The van der Waals surface area contributed by atoms with Crippen LogP contribution >= 0.6 is 0 Å². The highest BCUT2D eigenvalue weighted by molar-refractivity contribution is 7.92. The van der Waals surface area contributed by atoms with Crippen LogP contribution in [-0.4, -0.2) is 62.5 Å². The number of nitrogens with one attached hydrogen (secondary N) is 1. The van der Waals surface area contributed by atoms with E-state index >= 15 is 0 Å². The van der Waals surface area contributed by atoms with E-state index in [0.717, 1.165) is 0 Å². The largest absolute Gasteiger partial charge is 0.493 e. The summed E-state index contributed by atoms with van der Waals surface area (Å²) in [5.41, 5.74) is 0.459. The summed E-state index contributed by atoms with van der Waals surface area (Å²) >= 11 is 0. The second kappa shape index (κ2) is 9.22. The van der Waals surface area contributed by atoms with Gasteiger partial charge in [-0.05, 0) is 18.6 Å². The van der Waals surface area contributed by atoms with Gasteiger partial charge in [0.1, 0.15) is 5.52 Å². The van der Waals surface area contributed by atoms with Gasteiger partial charge in [-0.15, -0.1) is 0 Å². The molecule has 3 rings (SSSR count). The predicted octanol–water partition coefficient (Wildman–Crippen LogP) is 2.00. The minimum atomic E-state index is -5.38. The Hall–Kier alpha value is -2.67. The van der Waals surface area contributed by atoms with Crippen molar-refractivity contribution in [3.05, 3.63) is 24.4 Å². The molecule has 0 unspecified atom stereocenters. The monoisotopic (exact) mass is 461 g/mol. The molecule has 0 bridgehead atoms. The first kappa shape index (κ1) is 23.0. The fraction of sp³-hybridized carbons (Fsp3) is 0.500. The molecule has 0 amide bonds. The van der Waals surface area contributed by atoms with E-state index in [2.05, 4.69) is 20.1 Å². The Morgan fingerprint density at radius 3 is 2.68 bits per heavy atom. The Balaban J connectivity index is 2.13. The van der Waals surface area contributed by atoms with Crippen LogP contribution in [0.1, 0.15) is 19.8 Å². The third-order valence-electron chi connectivity index (χ3n) is 4.57. The summed E-state index contributed by atoms with van der Waals surface area (Å²) in [6.45, 7) is 4.08. The first-order valence-electron chi connectivity index (χ1n) is 9.67. The van der Waals surface area contributed by atoms with Gasteiger partial charge in [-0.3, -0.25) is 4.98 Å². The Labute approximate surface area is 177 Å². The van der Waals surface area contributed by atoms with Crippen LogP contribution in [0.5, 0.6) is 0 Å². The standard InChI is InChI=1S/C18H22F3N5O4S/c1-2-3-11-31(28,29)26(30-17(27)18(19,20)21)14-12-13-5-4-6-23-15(13)16(24-14)25-9-7-22-8-10-25/h4-6,12,22H,2-3,7-11H2,1H3. The summed E-state index contributed by atoms with van der Waals surface area (Å²) in [5, 5.41) is 3.61. The number of hydrogen-bond donors (Lipinski definition) is 1. The smallest absolute Gasteiger partial charge is 0.352 e. The van der Waals surface area contributed by atoms with Crippen LogP contribution in [-0.2, 0) is 19.7 Å². The Bertz CT molecular complexity index is 1040. The molecule has 9 nitrogen and oxygen atoms in total. The Kier molecular flexibility index (Phi) is 6.84. The van der Waals surface area contributed by atoms with Gasteiger partial charge < -0.3 is 15.1 Å². The van der Waals surface area contributed by atoms with Gasteiger partial charge in [0.25, 0.3) is 10.0 Å². The normalized spacial score (nSPS) is 15.2. The molecule has 0 radical (unpaired) electrons. The van der Waals surface area contributed by atoms with Gasteiger partial charge >= 0.3 is 12.1 Å². The molecule has 13 heteroatoms. The van der Waals surface area contributed by atoms with Crippen LogP contribution in [0.15, 0.2) is 24.4 Å². The van der Waals surface area contributed by atoms with Crippen molar-refractivity contribution < 1.29 is 31.2 Å². The van der Waals surface area contributed by atoms with E-state index in [1.165, 1.54) is 12.3 Å². The lowest BCUT2D eigenvalue weighted by atomic mass is 10.2. The van der Waals surface area contributed by atoms with E-state index in [4.69, 9.17) is 0 Å². The zero-order valence-electron chi connectivity index (χ0n) is 16.7. The molecule has 31 heavy (non-hydrogen) atoms. The Morgan fingerprint density at radius 1 is 1.32 bits per heavy atom. The lowest BCUT2D eigenvalue weighted by molar-refractivity contribution is -0.199. The number of piperazine rings is 1. The number of unbranched alkanes of at least 4 members (excludes halogenated alkanes) is 1. The van der Waals surface area contributed by atoms with Gasteiger partial charge in [-0.2, -0.15) is 13.2 Å². The first-order chi connectivity index (χ1) is 14.6. The van der Waals surface area contributed by atoms with Crippen molar-refractivity contribution in [2.24, 2.45) is 0 Å². The van der Waals surface area contributed by atoms with Crippen molar-refractivity contribution in [1.82, 2.24) is 15.3 Å². The second-order valence-electron chi connectivity index (χ2n) is 6.89. The van der Waals surface area contributed by atoms with E-state index < -0.39 is 33.7 Å². The average Bonchev–Trinajstić information content (AvgIpc) is 2.75. The van der Waals surface area contributed by atoms with Crippen LogP contribution in [0, 0.1) is 0 Å². The molecule has 2 aromatic rings. The molecule has 1 aliphatic rings. The minimum Gasteiger partial charge on any atom is -0.352 e. The fourth-order valence-electron chi connectivity index (χ4n) is 3.03. The van der Waals surface area contributed by atoms with Crippen molar-refractivity contribution in [3.8, 4) is 0 Å². The van der Waals surface area contributed by atoms with Gasteiger partial charge in [-0.25, -0.2) is 18.2 Å². The number of pyridine rings is 2. The molecule has 1 aliphatic heterocycles. The summed E-state index contributed by atoms with van der Waals surface area (Å²) in [7, 11) is -4.43. The highest BCUT2D eigenvalue weighted by Crippen LogP contribution is 2.30. The van der Waals surface area contributed by atoms with Crippen LogP contribution in [0.4, 0.5) is 24.8 Å². The number of anilines is 2. The lowest BCUT2D eigenvalue weighted by Crippen LogP contribution is -2.44. The number of aromatic nitrogens is 2. The third-order valence-corrected chi connectivity index (χ3v) is 6.14. The van der Waals surface area contributed by atoms with Gasteiger partial charge in [0.05, 0.1) is 5.75 Å². The second-order valence-corrected chi connectivity index (χ2v) is 8.79. The summed E-state index contributed by atoms with van der Waals surface area (Å²) in [6.07, 6.45) is -3.20. The highest BCUT2D eigenvalue weighted by Gasteiger charge is 2.45. The molecule has 0 aromatic carbocycles. The topological polar surface area (TPSA) is 105 Å². The SMILES string of the molecule is CCCCS(=O)(=O)N(OC(=O)C(F)(F)F)c1cc2cccnc2c(N2CCNCC2)n1. The van der Waals surface area contributed by atoms with Gasteiger partial charge in [0.15, 0.2) is 11.6 Å². The molecule has 0 saturated carbocycles. The molecule has 2 aromatic heterocycles. The molecule has 1 fully saturated rings. The number of rotatable bonds is 7. The first-order valence-corrected chi connectivity index (χ1v) is 11.3. The molecule has 170 valence electrons. The maximum atomic E-state index is 12.8. The zero-order valence-corrected chi connectivity index (χ0v) is 17.5. The number of nitrogens with zero attached hydrogens (tertiary/aromatic N) is 4. The van der Waals surface area contributed by atoms with Crippen molar-refractivity contribution in [2.75, 3.05) is 41.3 Å². The minimum absolute atomic E-state index is 0.0172. The Morgan fingerprint density at radius 2 is 2.03 bits per heavy atom. The lowest BCUT2D eigenvalue weighted by Gasteiger charge is -2.30. The van der Waals surface area contributed by atoms with E-state index in [0.29, 0.717) is 49.3 Å². The molecule has 0 spiro atoms. The van der Waals surface area contributed by atoms with E-state index in [-0.39, 0.29) is 10.9 Å². The van der Waals surface area contributed by atoms with E-state index in [1.807, 2.05) is 4.90 Å². The van der Waals surface area contributed by atoms with Crippen molar-refractivity contribution >= 4 is 38.5 Å². The quantitative estimate of drug-likeness (QED) is 0.625. The third kappa shape index (κ3) is 5.34. The predicted molar refractivity (Wildman–Crippen MR) is 108 cm³/mol. The molecular weight excluding hydrogens is 439 g/mol. The number of fused-ring (bicyclic) bond motifs is 1. The maximum Gasteiger partial charge on any atom is 0.493 e. The van der Waals surface area contributed by atoms with Crippen LogP contribution in [0.2, 0.25) is 0 Å². The highest BCUT2D eigenvalue weighted by atomic mass is 32.2. The average molecular weight is 461 g/mol. The summed E-state index contributed by atoms with van der Waals surface area (Å²) in [4.78, 5) is 26.2. The number of carbonyl (C=O) groups excluding carboxylic acids is 1. The van der Waals surface area contributed by atoms with Gasteiger partial charge in [-0.1, -0.05) is 23.9 Å². The number of hydrogen-bond acceptors (Lipinski definition) is 8. The van der Waals surface area contributed by atoms with Crippen molar-refractivity contribution in [1.29, 1.82) is 0 Å². The molecule has 0 atom stereocenters. The summed E-state index contributed by atoms with van der Waals surface area (Å²) in [6, 6.07) is 4.47. The van der Waals surface area contributed by atoms with Crippen molar-refractivity contribution in [2.45, 2.75) is 25.9 Å². The van der Waals surface area contributed by atoms with E-state index in [9.17, 15) is 26.4 Å². The molecule has 0 aliphatic carbocycles. The molecular formula is C18H22F3N5O4S. The molecule has 1 N–H and O–H groups in total. The van der Waals surface area contributed by atoms with Crippen molar-refractivity contribution in [3.63, 3.8) is 0 Å². The van der Waals surface area contributed by atoms with Gasteiger partial charge in [0.2, 0.25) is 0 Å². The zero-order chi connectivity index (χ0) is 22.6.